The number of aliphatic hydroxyl groups excluding tert-OH is 1. The van der Waals surface area contributed by atoms with Crippen LogP contribution in [0.5, 0.6) is 0 Å². The Kier molecular flexibility index (Phi) is 5.78. The summed E-state index contributed by atoms with van der Waals surface area (Å²) in [6, 6.07) is 22.1. The topological polar surface area (TPSA) is 87.1 Å². The second-order valence-electron chi connectivity index (χ2n) is 6.67. The van der Waals surface area contributed by atoms with Gasteiger partial charge in [-0.25, -0.2) is 0 Å². The van der Waals surface area contributed by atoms with Crippen molar-refractivity contribution in [1.82, 2.24) is 9.97 Å². The fraction of sp³-hybridized carbons (Fsp3) is 0.0417. The van der Waals surface area contributed by atoms with Crippen LogP contribution in [0.15, 0.2) is 97.6 Å². The van der Waals surface area contributed by atoms with E-state index < -0.39 is 6.23 Å². The highest BCUT2D eigenvalue weighted by Crippen LogP contribution is 2.23. The van der Waals surface area contributed by atoms with E-state index in [1.165, 1.54) is 0 Å². The minimum absolute atomic E-state index is 0.173. The van der Waals surface area contributed by atoms with Crippen LogP contribution >= 0.6 is 0 Å². The minimum Gasteiger partial charge on any atom is -0.369 e. The molecule has 4 rings (SSSR count). The molecule has 148 valence electrons. The molecule has 0 aliphatic carbocycles. The minimum atomic E-state index is -0.819. The SMILES string of the molecule is O=C(Nc1ccncc1)c1ccc(-c2ccc(C(O)Nc3ccncc3)cc2)cc1. The van der Waals surface area contributed by atoms with Crippen LogP contribution in [0.2, 0.25) is 0 Å². The van der Waals surface area contributed by atoms with Crippen LogP contribution in [0.4, 0.5) is 11.4 Å². The van der Waals surface area contributed by atoms with Crippen molar-refractivity contribution in [3.8, 4) is 11.1 Å². The molecule has 1 atom stereocenters. The molecule has 0 aliphatic heterocycles. The summed E-state index contributed by atoms with van der Waals surface area (Å²) in [4.78, 5) is 20.3. The zero-order valence-electron chi connectivity index (χ0n) is 16.1. The maximum absolute atomic E-state index is 12.4. The maximum Gasteiger partial charge on any atom is 0.255 e. The van der Waals surface area contributed by atoms with Crippen LogP contribution in [-0.2, 0) is 0 Å². The molecule has 0 radical (unpaired) electrons. The van der Waals surface area contributed by atoms with E-state index in [9.17, 15) is 9.90 Å². The maximum atomic E-state index is 12.4. The lowest BCUT2D eigenvalue weighted by molar-refractivity contribution is 0.102. The highest BCUT2D eigenvalue weighted by molar-refractivity contribution is 6.04. The standard InChI is InChI=1S/C24H20N4O2/c29-23(27-21-9-13-25-14-10-21)19-5-1-17(2-6-19)18-3-7-20(8-4-18)24(30)28-22-11-15-26-16-12-22/h1-16,23,29H,(H,25,27)(H,26,28,30). The lowest BCUT2D eigenvalue weighted by atomic mass is 10.0. The molecule has 0 bridgehead atoms. The predicted octanol–water partition coefficient (Wildman–Crippen LogP) is 4.50. The van der Waals surface area contributed by atoms with E-state index in [-0.39, 0.29) is 5.91 Å². The molecule has 4 aromatic rings. The van der Waals surface area contributed by atoms with E-state index in [2.05, 4.69) is 20.6 Å². The van der Waals surface area contributed by atoms with Crippen LogP contribution in [0.3, 0.4) is 0 Å². The van der Waals surface area contributed by atoms with Crippen LogP contribution in [0.25, 0.3) is 11.1 Å². The van der Waals surface area contributed by atoms with Crippen LogP contribution < -0.4 is 10.6 Å². The summed E-state index contributed by atoms with van der Waals surface area (Å²) >= 11 is 0. The highest BCUT2D eigenvalue weighted by Gasteiger charge is 2.09. The number of carbonyl (C=O) groups is 1. The van der Waals surface area contributed by atoms with Gasteiger partial charge in [-0.05, 0) is 47.5 Å². The van der Waals surface area contributed by atoms with Gasteiger partial charge in [-0.3, -0.25) is 14.8 Å². The number of nitrogens with one attached hydrogen (secondary N) is 2. The van der Waals surface area contributed by atoms with Crippen molar-refractivity contribution in [2.24, 2.45) is 0 Å². The summed E-state index contributed by atoms with van der Waals surface area (Å²) in [5.74, 6) is -0.173. The van der Waals surface area contributed by atoms with Crippen LogP contribution in [0, 0.1) is 0 Å². The summed E-state index contributed by atoms with van der Waals surface area (Å²) in [5.41, 5.74) is 4.80. The molecule has 6 nitrogen and oxygen atoms in total. The molecule has 0 saturated heterocycles. The van der Waals surface area contributed by atoms with Crippen molar-refractivity contribution in [2.45, 2.75) is 6.23 Å². The van der Waals surface area contributed by atoms with Gasteiger partial charge in [0, 0.05) is 47.3 Å². The summed E-state index contributed by atoms with van der Waals surface area (Å²) in [6.45, 7) is 0. The number of pyridine rings is 2. The Morgan fingerprint density at radius 1 is 0.700 bits per heavy atom. The van der Waals surface area contributed by atoms with Crippen molar-refractivity contribution >= 4 is 17.3 Å². The van der Waals surface area contributed by atoms with Gasteiger partial charge in [-0.15, -0.1) is 0 Å². The first-order valence-corrected chi connectivity index (χ1v) is 9.45. The van der Waals surface area contributed by atoms with E-state index in [0.29, 0.717) is 11.3 Å². The Bertz CT molecular complexity index is 1100. The third-order valence-corrected chi connectivity index (χ3v) is 4.63. The fourth-order valence-electron chi connectivity index (χ4n) is 3.00. The van der Waals surface area contributed by atoms with Gasteiger partial charge in [0.25, 0.3) is 5.91 Å². The smallest absolute Gasteiger partial charge is 0.255 e. The third-order valence-electron chi connectivity index (χ3n) is 4.63. The molecule has 2 aromatic heterocycles. The Labute approximate surface area is 174 Å². The fourth-order valence-corrected chi connectivity index (χ4v) is 3.00. The average molecular weight is 396 g/mol. The van der Waals surface area contributed by atoms with Gasteiger partial charge in [-0.2, -0.15) is 0 Å². The van der Waals surface area contributed by atoms with Crippen LogP contribution in [-0.4, -0.2) is 21.0 Å². The van der Waals surface area contributed by atoms with Crippen LogP contribution in [0.1, 0.15) is 22.1 Å². The molecule has 0 fully saturated rings. The van der Waals surface area contributed by atoms with E-state index in [1.807, 2.05) is 36.4 Å². The number of nitrogens with zero attached hydrogens (tertiary/aromatic N) is 2. The second kappa shape index (κ2) is 8.98. The predicted molar refractivity (Wildman–Crippen MR) is 117 cm³/mol. The lowest BCUT2D eigenvalue weighted by Gasteiger charge is -2.15. The first-order valence-electron chi connectivity index (χ1n) is 9.45. The molecule has 0 saturated carbocycles. The largest absolute Gasteiger partial charge is 0.369 e. The van der Waals surface area contributed by atoms with E-state index in [1.54, 1.807) is 61.2 Å². The number of benzene rings is 2. The first kappa shape index (κ1) is 19.3. The Morgan fingerprint density at radius 3 is 1.77 bits per heavy atom. The van der Waals surface area contributed by atoms with Crippen molar-refractivity contribution in [1.29, 1.82) is 0 Å². The molecule has 3 N–H and O–H groups in total. The number of anilines is 2. The number of carbonyl (C=O) groups excluding carboxylic acids is 1. The summed E-state index contributed by atoms with van der Waals surface area (Å²) in [6.07, 6.45) is 5.77. The number of hydrogen-bond donors (Lipinski definition) is 3. The normalized spacial score (nSPS) is 11.5. The molecule has 2 aromatic carbocycles. The molecule has 1 unspecified atom stereocenters. The summed E-state index contributed by atoms with van der Waals surface area (Å²) in [5, 5.41) is 16.2. The van der Waals surface area contributed by atoms with Gasteiger partial charge in [-0.1, -0.05) is 36.4 Å². The van der Waals surface area contributed by atoms with Gasteiger partial charge >= 0.3 is 0 Å². The molecular weight excluding hydrogens is 376 g/mol. The molecule has 30 heavy (non-hydrogen) atoms. The monoisotopic (exact) mass is 396 g/mol. The number of aromatic nitrogens is 2. The zero-order chi connectivity index (χ0) is 20.8. The number of amides is 1. The first-order chi connectivity index (χ1) is 14.7. The molecule has 1 amide bonds. The molecule has 2 heterocycles. The van der Waals surface area contributed by atoms with Gasteiger partial charge in [0.1, 0.15) is 0 Å². The second-order valence-corrected chi connectivity index (χ2v) is 6.67. The average Bonchev–Trinajstić information content (AvgIpc) is 2.80. The van der Waals surface area contributed by atoms with Crippen molar-refractivity contribution in [3.05, 3.63) is 109 Å². The summed E-state index contributed by atoms with van der Waals surface area (Å²) in [7, 11) is 0. The summed E-state index contributed by atoms with van der Waals surface area (Å²) < 4.78 is 0. The number of hydrogen-bond acceptors (Lipinski definition) is 5. The van der Waals surface area contributed by atoms with E-state index >= 15 is 0 Å². The Balaban J connectivity index is 1.42. The molecule has 0 aliphatic rings. The van der Waals surface area contributed by atoms with Gasteiger partial charge in [0.05, 0.1) is 0 Å². The third kappa shape index (κ3) is 4.68. The number of aliphatic hydroxyl groups is 1. The molecule has 6 heteroatoms. The van der Waals surface area contributed by atoms with Gasteiger partial charge in [0.15, 0.2) is 6.23 Å². The van der Waals surface area contributed by atoms with E-state index in [0.717, 1.165) is 22.4 Å². The lowest BCUT2D eigenvalue weighted by Crippen LogP contribution is -2.11. The molecule has 0 spiro atoms. The van der Waals surface area contributed by atoms with Crippen molar-refractivity contribution < 1.29 is 9.90 Å². The van der Waals surface area contributed by atoms with Gasteiger partial charge < -0.3 is 15.7 Å². The zero-order valence-corrected chi connectivity index (χ0v) is 16.1. The Hall–Kier alpha value is -4.03. The van der Waals surface area contributed by atoms with Crippen molar-refractivity contribution in [2.75, 3.05) is 10.6 Å². The van der Waals surface area contributed by atoms with E-state index in [4.69, 9.17) is 0 Å². The molecular formula is C24H20N4O2. The van der Waals surface area contributed by atoms with Crippen molar-refractivity contribution in [3.63, 3.8) is 0 Å². The van der Waals surface area contributed by atoms with Gasteiger partial charge in [0.2, 0.25) is 0 Å². The number of rotatable bonds is 6. The quantitative estimate of drug-likeness (QED) is 0.418. The Morgan fingerprint density at radius 2 is 1.20 bits per heavy atom. The highest BCUT2D eigenvalue weighted by atomic mass is 16.3.